The normalized spacial score (nSPS) is 14.3. The summed E-state index contributed by atoms with van der Waals surface area (Å²) in [6.07, 6.45) is 4.22. The average molecular weight is 656 g/mol. The quantitative estimate of drug-likeness (QED) is 0.170. The van der Waals surface area contributed by atoms with Crippen molar-refractivity contribution in [1.82, 2.24) is 0 Å². The maximum Gasteiger partial charge on any atom is 0.226 e. The highest BCUT2D eigenvalue weighted by Crippen LogP contribution is 2.55. The van der Waals surface area contributed by atoms with Gasteiger partial charge in [-0.15, -0.1) is 11.3 Å². The monoisotopic (exact) mass is 655 g/mol. The Bertz CT molecular complexity index is 2370. The van der Waals surface area contributed by atoms with E-state index in [4.69, 9.17) is 6.58 Å². The van der Waals surface area contributed by atoms with Crippen LogP contribution in [0.15, 0.2) is 155 Å². The molecule has 0 saturated heterocycles. The number of pyridine rings is 1. The van der Waals surface area contributed by atoms with Crippen LogP contribution in [-0.4, -0.2) is 0 Å². The Hall–Kier alpha value is -4.90. The molecular formula is C44H35N2S2+. The largest absolute Gasteiger partial charge is 0.308 e. The first-order chi connectivity index (χ1) is 23.6. The lowest BCUT2D eigenvalue weighted by molar-refractivity contribution is -0.576. The van der Waals surface area contributed by atoms with E-state index in [1.165, 1.54) is 76.0 Å². The van der Waals surface area contributed by atoms with E-state index in [0.29, 0.717) is 0 Å². The van der Waals surface area contributed by atoms with E-state index in [9.17, 15) is 0 Å². The standard InChI is InChI=1S/C44H35N2S2/c1-4-44(5-2)29(3)45-24-23-31-14-9-10-15-35(31)43(45)36-28-34(19-20-37(36)44)46-38-21-17-32(30-12-7-6-8-13-30)26-41(38)48-42-27-33(18-22-39(42)46)40-16-11-25-47-40/h6-28H,3-5H2,1-2H3/q+1. The number of nitrogens with zero attached hydrogens (tertiary/aromatic N) is 2. The zero-order chi connectivity index (χ0) is 32.4. The Morgan fingerprint density at radius 3 is 2.17 bits per heavy atom. The molecule has 2 aromatic heterocycles. The Labute approximate surface area is 290 Å². The molecule has 5 aromatic carbocycles. The van der Waals surface area contributed by atoms with E-state index in [2.05, 4.69) is 162 Å². The Morgan fingerprint density at radius 2 is 1.42 bits per heavy atom. The van der Waals surface area contributed by atoms with Gasteiger partial charge in [-0.3, -0.25) is 0 Å². The van der Waals surface area contributed by atoms with E-state index in [1.54, 1.807) is 11.3 Å². The maximum absolute atomic E-state index is 4.74. The molecule has 2 nitrogen and oxygen atoms in total. The molecule has 0 amide bonds. The zero-order valence-electron chi connectivity index (χ0n) is 27.1. The van der Waals surface area contributed by atoms with Gasteiger partial charge in [-0.2, -0.15) is 4.57 Å². The second kappa shape index (κ2) is 11.4. The van der Waals surface area contributed by atoms with E-state index < -0.39 is 0 Å². The van der Waals surface area contributed by atoms with Gasteiger partial charge < -0.3 is 4.90 Å². The molecule has 0 unspecified atom stereocenters. The molecule has 4 heterocycles. The van der Waals surface area contributed by atoms with Crippen LogP contribution in [-0.2, 0) is 5.41 Å². The fraction of sp³-hybridized carbons (Fsp3) is 0.114. The predicted octanol–water partition coefficient (Wildman–Crippen LogP) is 12.7. The summed E-state index contributed by atoms with van der Waals surface area (Å²) in [6, 6.07) is 47.1. The topological polar surface area (TPSA) is 7.12 Å². The molecule has 2 aliphatic rings. The van der Waals surface area contributed by atoms with Gasteiger partial charge in [0.15, 0.2) is 11.9 Å². The summed E-state index contributed by atoms with van der Waals surface area (Å²) >= 11 is 3.67. The van der Waals surface area contributed by atoms with Gasteiger partial charge >= 0.3 is 0 Å². The van der Waals surface area contributed by atoms with Crippen molar-refractivity contribution in [3.63, 3.8) is 0 Å². The van der Waals surface area contributed by atoms with Crippen LogP contribution in [0.2, 0.25) is 0 Å². The summed E-state index contributed by atoms with van der Waals surface area (Å²) in [7, 11) is 0. The highest BCUT2D eigenvalue weighted by Gasteiger charge is 2.46. The third-order valence-corrected chi connectivity index (χ3v) is 12.5. The van der Waals surface area contributed by atoms with Crippen molar-refractivity contribution in [2.75, 3.05) is 4.90 Å². The van der Waals surface area contributed by atoms with Gasteiger partial charge in [-0.25, -0.2) is 0 Å². The van der Waals surface area contributed by atoms with E-state index in [-0.39, 0.29) is 5.41 Å². The fourth-order valence-corrected chi connectivity index (χ4v) is 9.78. The van der Waals surface area contributed by atoms with Crippen LogP contribution in [0, 0.1) is 0 Å². The number of allylic oxidation sites excluding steroid dienone is 1. The van der Waals surface area contributed by atoms with Crippen LogP contribution in [0.5, 0.6) is 0 Å². The molecule has 4 heteroatoms. The van der Waals surface area contributed by atoms with Gasteiger partial charge in [-0.1, -0.05) is 98.4 Å². The van der Waals surface area contributed by atoms with Gasteiger partial charge in [0.05, 0.1) is 27.7 Å². The molecule has 7 aromatic rings. The highest BCUT2D eigenvalue weighted by atomic mass is 32.2. The molecule has 0 bridgehead atoms. The van der Waals surface area contributed by atoms with Gasteiger partial charge in [0.2, 0.25) is 5.69 Å². The van der Waals surface area contributed by atoms with Crippen LogP contribution in [0.1, 0.15) is 32.3 Å². The number of hydrogen-bond acceptors (Lipinski definition) is 3. The zero-order valence-corrected chi connectivity index (χ0v) is 28.7. The first kappa shape index (κ1) is 29.3. The third kappa shape index (κ3) is 4.36. The van der Waals surface area contributed by atoms with Crippen molar-refractivity contribution in [3.8, 4) is 32.8 Å². The van der Waals surface area contributed by atoms with Crippen molar-refractivity contribution in [2.24, 2.45) is 0 Å². The first-order valence-electron chi connectivity index (χ1n) is 16.7. The minimum absolute atomic E-state index is 0.137. The summed E-state index contributed by atoms with van der Waals surface area (Å²) in [5.41, 5.74) is 12.2. The molecule has 0 spiro atoms. The average Bonchev–Trinajstić information content (AvgIpc) is 3.69. The number of hydrogen-bond donors (Lipinski definition) is 0. The van der Waals surface area contributed by atoms with E-state index >= 15 is 0 Å². The maximum atomic E-state index is 4.74. The number of thiophene rings is 1. The smallest absolute Gasteiger partial charge is 0.226 e. The lowest BCUT2D eigenvalue weighted by Crippen LogP contribution is -2.48. The third-order valence-electron chi connectivity index (χ3n) is 10.5. The summed E-state index contributed by atoms with van der Waals surface area (Å²) in [5.74, 6) is 0. The highest BCUT2D eigenvalue weighted by molar-refractivity contribution is 7.99. The van der Waals surface area contributed by atoms with Crippen LogP contribution >= 0.6 is 23.1 Å². The fourth-order valence-electron chi connectivity index (χ4n) is 7.92. The summed E-state index contributed by atoms with van der Waals surface area (Å²) < 4.78 is 2.37. The van der Waals surface area contributed by atoms with Crippen molar-refractivity contribution in [1.29, 1.82) is 0 Å². The molecule has 2 aliphatic heterocycles. The molecule has 0 N–H and O–H groups in total. The molecule has 48 heavy (non-hydrogen) atoms. The molecule has 0 fully saturated rings. The minimum atomic E-state index is -0.137. The first-order valence-corrected chi connectivity index (χ1v) is 18.4. The molecule has 0 aliphatic carbocycles. The number of anilines is 3. The lowest BCUT2D eigenvalue weighted by atomic mass is 9.68. The molecule has 0 saturated carbocycles. The lowest BCUT2D eigenvalue weighted by Gasteiger charge is -2.38. The van der Waals surface area contributed by atoms with Gasteiger partial charge in [-0.05, 0) is 101 Å². The molecular weight excluding hydrogens is 621 g/mol. The molecule has 0 atom stereocenters. The number of rotatable bonds is 5. The van der Waals surface area contributed by atoms with Crippen molar-refractivity contribution < 1.29 is 4.57 Å². The van der Waals surface area contributed by atoms with Crippen LogP contribution in [0.25, 0.3) is 49.3 Å². The van der Waals surface area contributed by atoms with E-state index in [1.807, 2.05) is 11.8 Å². The second-order valence-corrected chi connectivity index (χ2v) is 14.8. The Morgan fingerprint density at radius 1 is 0.688 bits per heavy atom. The van der Waals surface area contributed by atoms with Crippen molar-refractivity contribution in [2.45, 2.75) is 41.9 Å². The molecule has 0 radical (unpaired) electrons. The van der Waals surface area contributed by atoms with Crippen molar-refractivity contribution >= 4 is 56.6 Å². The molecule has 9 rings (SSSR count). The number of aromatic nitrogens is 1. The second-order valence-electron chi connectivity index (χ2n) is 12.7. The molecule has 232 valence electrons. The predicted molar refractivity (Wildman–Crippen MR) is 205 cm³/mol. The Kier molecular flexibility index (Phi) is 6.93. The van der Waals surface area contributed by atoms with E-state index in [0.717, 1.165) is 18.5 Å². The SMILES string of the molecule is C=C1[n+]2ccc3ccccc3c2-c2cc(N3c4ccc(-c5ccccc5)cc4Sc4cc(-c5cccs5)ccc43)ccc2C1(CC)CC. The number of fused-ring (bicyclic) bond motifs is 7. The minimum Gasteiger partial charge on any atom is -0.308 e. The van der Waals surface area contributed by atoms with Crippen LogP contribution < -0.4 is 9.47 Å². The Balaban J connectivity index is 1.29. The summed E-state index contributed by atoms with van der Waals surface area (Å²) in [6.45, 7) is 9.36. The van der Waals surface area contributed by atoms with Gasteiger partial charge in [0.1, 0.15) is 0 Å². The summed E-state index contributed by atoms with van der Waals surface area (Å²) in [5, 5.41) is 4.65. The van der Waals surface area contributed by atoms with Crippen LogP contribution in [0.4, 0.5) is 17.1 Å². The van der Waals surface area contributed by atoms with Crippen LogP contribution in [0.3, 0.4) is 0 Å². The van der Waals surface area contributed by atoms with Gasteiger partial charge in [0.25, 0.3) is 0 Å². The van der Waals surface area contributed by atoms with Crippen molar-refractivity contribution in [3.05, 3.63) is 151 Å². The summed E-state index contributed by atoms with van der Waals surface area (Å²) in [4.78, 5) is 6.29. The number of benzene rings is 5. The van der Waals surface area contributed by atoms with Gasteiger partial charge in [0, 0.05) is 26.4 Å².